The van der Waals surface area contributed by atoms with Gasteiger partial charge in [-0.05, 0) is 12.3 Å². The Morgan fingerprint density at radius 1 is 1.67 bits per heavy atom. The van der Waals surface area contributed by atoms with Crippen LogP contribution in [0.25, 0.3) is 0 Å². The number of H-pyrrole nitrogens is 1. The maximum atomic E-state index is 3.67. The first-order valence-corrected chi connectivity index (χ1v) is 3.14. The third-order valence-electron chi connectivity index (χ3n) is 1.09. The molecule has 1 rings (SSSR count). The molecule has 0 amide bonds. The summed E-state index contributed by atoms with van der Waals surface area (Å²) in [6.07, 6.45) is 2.80. The molecule has 0 saturated carbocycles. The average Bonchev–Trinajstić information content (AvgIpc) is 2.15. The fourth-order valence-corrected chi connectivity index (χ4v) is 0.759. The van der Waals surface area contributed by atoms with E-state index in [2.05, 4.69) is 29.3 Å². The number of hydrogen-bond acceptors (Lipinski definition) is 2. The van der Waals surface area contributed by atoms with Crippen LogP contribution < -0.4 is 0 Å². The van der Waals surface area contributed by atoms with Gasteiger partial charge in [0.15, 0.2) is 0 Å². The monoisotopic (exact) mass is 125 g/mol. The topological polar surface area (TPSA) is 41.6 Å². The summed E-state index contributed by atoms with van der Waals surface area (Å²) in [5.41, 5.74) is 1.12. The lowest BCUT2D eigenvalue weighted by Crippen LogP contribution is -1.93. The molecule has 0 spiro atoms. The van der Waals surface area contributed by atoms with Crippen LogP contribution in [0.3, 0.4) is 0 Å². The van der Waals surface area contributed by atoms with Crippen molar-refractivity contribution in [1.29, 1.82) is 0 Å². The Bertz CT molecular complexity index is 155. The Hall–Kier alpha value is -0.860. The molecule has 3 heteroatoms. The SMILES string of the molecule is CC(C)Cc1cnn[nH]1. The number of nitrogens with one attached hydrogen (secondary N) is 1. The third kappa shape index (κ3) is 1.83. The molecule has 1 aromatic rings. The van der Waals surface area contributed by atoms with Gasteiger partial charge in [0.1, 0.15) is 0 Å². The Kier molecular flexibility index (Phi) is 1.82. The summed E-state index contributed by atoms with van der Waals surface area (Å²) in [4.78, 5) is 0. The van der Waals surface area contributed by atoms with Crippen molar-refractivity contribution in [2.45, 2.75) is 20.3 Å². The zero-order valence-corrected chi connectivity index (χ0v) is 5.76. The molecule has 0 saturated heterocycles. The van der Waals surface area contributed by atoms with Crippen molar-refractivity contribution < 1.29 is 0 Å². The Morgan fingerprint density at radius 2 is 2.44 bits per heavy atom. The summed E-state index contributed by atoms with van der Waals surface area (Å²) < 4.78 is 0. The largest absolute Gasteiger partial charge is 0.262 e. The van der Waals surface area contributed by atoms with Crippen LogP contribution in [-0.4, -0.2) is 15.4 Å². The highest BCUT2D eigenvalue weighted by Crippen LogP contribution is 2.00. The van der Waals surface area contributed by atoms with Gasteiger partial charge < -0.3 is 0 Å². The zero-order valence-electron chi connectivity index (χ0n) is 5.76. The fourth-order valence-electron chi connectivity index (χ4n) is 0.759. The van der Waals surface area contributed by atoms with E-state index in [9.17, 15) is 0 Å². The third-order valence-corrected chi connectivity index (χ3v) is 1.09. The van der Waals surface area contributed by atoms with E-state index in [1.54, 1.807) is 6.20 Å². The van der Waals surface area contributed by atoms with Gasteiger partial charge in [0.2, 0.25) is 0 Å². The van der Waals surface area contributed by atoms with Crippen LogP contribution in [0.4, 0.5) is 0 Å². The molecule has 1 aromatic heterocycles. The number of nitrogens with zero attached hydrogens (tertiary/aromatic N) is 2. The van der Waals surface area contributed by atoms with E-state index in [0.29, 0.717) is 5.92 Å². The van der Waals surface area contributed by atoms with Crippen LogP contribution >= 0.6 is 0 Å². The standard InChI is InChI=1S/C6H11N3/c1-5(2)3-6-4-7-9-8-6/h4-5H,3H2,1-2H3,(H,7,8,9). The number of aromatic amines is 1. The van der Waals surface area contributed by atoms with Crippen molar-refractivity contribution in [2.24, 2.45) is 5.92 Å². The average molecular weight is 125 g/mol. The summed E-state index contributed by atoms with van der Waals surface area (Å²) in [5.74, 6) is 0.673. The summed E-state index contributed by atoms with van der Waals surface area (Å²) >= 11 is 0. The quantitative estimate of drug-likeness (QED) is 0.640. The van der Waals surface area contributed by atoms with Gasteiger partial charge in [0.05, 0.1) is 11.9 Å². The molecule has 0 fully saturated rings. The minimum absolute atomic E-state index is 0.673. The molecule has 0 atom stereocenters. The lowest BCUT2D eigenvalue weighted by Gasteiger charge is -1.97. The first-order valence-electron chi connectivity index (χ1n) is 3.14. The minimum atomic E-state index is 0.673. The molecule has 1 N–H and O–H groups in total. The number of hydrogen-bond donors (Lipinski definition) is 1. The van der Waals surface area contributed by atoms with Gasteiger partial charge >= 0.3 is 0 Å². The lowest BCUT2D eigenvalue weighted by molar-refractivity contribution is 0.633. The molecular formula is C6H11N3. The van der Waals surface area contributed by atoms with Crippen molar-refractivity contribution in [1.82, 2.24) is 15.4 Å². The predicted octanol–water partition coefficient (Wildman–Crippen LogP) is 1.00. The molecule has 0 unspecified atom stereocenters. The second-order valence-electron chi connectivity index (χ2n) is 2.58. The summed E-state index contributed by atoms with van der Waals surface area (Å²) in [6.45, 7) is 4.34. The fraction of sp³-hybridized carbons (Fsp3) is 0.667. The van der Waals surface area contributed by atoms with Crippen molar-refractivity contribution in [2.75, 3.05) is 0 Å². The van der Waals surface area contributed by atoms with Gasteiger partial charge in [0, 0.05) is 0 Å². The maximum absolute atomic E-state index is 3.67. The van der Waals surface area contributed by atoms with E-state index in [1.807, 2.05) is 0 Å². The Balaban J connectivity index is 2.48. The number of aromatic nitrogens is 3. The van der Waals surface area contributed by atoms with Gasteiger partial charge in [-0.25, -0.2) is 0 Å². The molecule has 50 valence electrons. The Labute approximate surface area is 54.5 Å². The minimum Gasteiger partial charge on any atom is -0.262 e. The van der Waals surface area contributed by atoms with Crippen molar-refractivity contribution in [3.05, 3.63) is 11.9 Å². The summed E-state index contributed by atoms with van der Waals surface area (Å²) in [5, 5.41) is 10.1. The van der Waals surface area contributed by atoms with Crippen LogP contribution in [0.5, 0.6) is 0 Å². The van der Waals surface area contributed by atoms with Crippen LogP contribution in [0.2, 0.25) is 0 Å². The van der Waals surface area contributed by atoms with Gasteiger partial charge in [-0.1, -0.05) is 19.1 Å². The van der Waals surface area contributed by atoms with Crippen LogP contribution in [-0.2, 0) is 6.42 Å². The van der Waals surface area contributed by atoms with Crippen molar-refractivity contribution in [3.63, 3.8) is 0 Å². The first-order chi connectivity index (χ1) is 4.29. The van der Waals surface area contributed by atoms with Crippen LogP contribution in [0.1, 0.15) is 19.5 Å². The highest BCUT2D eigenvalue weighted by Gasteiger charge is 1.96. The molecule has 0 bridgehead atoms. The molecule has 0 radical (unpaired) electrons. The van der Waals surface area contributed by atoms with Gasteiger partial charge in [-0.2, -0.15) is 0 Å². The summed E-state index contributed by atoms with van der Waals surface area (Å²) in [6, 6.07) is 0. The van der Waals surface area contributed by atoms with Gasteiger partial charge in [-0.3, -0.25) is 5.10 Å². The van der Waals surface area contributed by atoms with E-state index >= 15 is 0 Å². The normalized spacial score (nSPS) is 10.6. The molecule has 1 heterocycles. The molecule has 9 heavy (non-hydrogen) atoms. The second-order valence-corrected chi connectivity index (χ2v) is 2.58. The molecule has 0 aliphatic carbocycles. The Morgan fingerprint density at radius 3 is 2.89 bits per heavy atom. The molecule has 0 aliphatic rings. The molecular weight excluding hydrogens is 114 g/mol. The second kappa shape index (κ2) is 2.62. The lowest BCUT2D eigenvalue weighted by atomic mass is 10.1. The molecule has 3 nitrogen and oxygen atoms in total. The van der Waals surface area contributed by atoms with E-state index in [-0.39, 0.29) is 0 Å². The smallest absolute Gasteiger partial charge is 0.0722 e. The van der Waals surface area contributed by atoms with E-state index < -0.39 is 0 Å². The molecule has 0 aliphatic heterocycles. The van der Waals surface area contributed by atoms with Crippen LogP contribution in [0.15, 0.2) is 6.20 Å². The van der Waals surface area contributed by atoms with Crippen LogP contribution in [0, 0.1) is 5.92 Å². The first kappa shape index (κ1) is 6.26. The van der Waals surface area contributed by atoms with Gasteiger partial charge in [-0.15, -0.1) is 5.10 Å². The van der Waals surface area contributed by atoms with Crippen molar-refractivity contribution in [3.8, 4) is 0 Å². The molecule has 0 aromatic carbocycles. The highest BCUT2D eigenvalue weighted by molar-refractivity contribution is 4.90. The predicted molar refractivity (Wildman–Crippen MR) is 34.9 cm³/mol. The van der Waals surface area contributed by atoms with Crippen molar-refractivity contribution >= 4 is 0 Å². The number of rotatable bonds is 2. The van der Waals surface area contributed by atoms with E-state index in [1.165, 1.54) is 0 Å². The van der Waals surface area contributed by atoms with E-state index in [4.69, 9.17) is 0 Å². The highest BCUT2D eigenvalue weighted by atomic mass is 15.3. The summed E-state index contributed by atoms with van der Waals surface area (Å²) in [7, 11) is 0. The maximum Gasteiger partial charge on any atom is 0.0722 e. The zero-order chi connectivity index (χ0) is 6.69. The van der Waals surface area contributed by atoms with Gasteiger partial charge in [0.25, 0.3) is 0 Å². The van der Waals surface area contributed by atoms with E-state index in [0.717, 1.165) is 12.1 Å².